The average molecular weight is 424 g/mol. The van der Waals surface area contributed by atoms with Gasteiger partial charge in [0, 0.05) is 31.5 Å². The number of ether oxygens (including phenoxy) is 2. The molecule has 2 aromatic carbocycles. The second kappa shape index (κ2) is 8.21. The van der Waals surface area contributed by atoms with Crippen LogP contribution in [0.4, 0.5) is 9.18 Å². The van der Waals surface area contributed by atoms with Crippen LogP contribution in [-0.4, -0.2) is 42.6 Å². The number of amides is 2. The fourth-order valence-electron chi connectivity index (χ4n) is 4.41. The lowest BCUT2D eigenvalue weighted by atomic mass is 9.91. The van der Waals surface area contributed by atoms with Crippen LogP contribution in [0.1, 0.15) is 35.4 Å². The van der Waals surface area contributed by atoms with E-state index in [1.165, 1.54) is 6.07 Å². The molecule has 2 aromatic rings. The van der Waals surface area contributed by atoms with Crippen LogP contribution in [0.3, 0.4) is 0 Å². The van der Waals surface area contributed by atoms with Gasteiger partial charge in [0.2, 0.25) is 5.91 Å². The number of hydrogen-bond acceptors (Lipinski definition) is 4. The van der Waals surface area contributed by atoms with Gasteiger partial charge in [0.1, 0.15) is 24.2 Å². The van der Waals surface area contributed by atoms with Crippen LogP contribution in [0.15, 0.2) is 42.5 Å². The van der Waals surface area contributed by atoms with E-state index in [-0.39, 0.29) is 12.5 Å². The van der Waals surface area contributed by atoms with Crippen LogP contribution in [0.5, 0.6) is 5.75 Å². The Balaban J connectivity index is 1.35. The maximum Gasteiger partial charge on any atom is 0.408 e. The van der Waals surface area contributed by atoms with E-state index in [0.717, 1.165) is 24.0 Å². The molecule has 2 aliphatic heterocycles. The zero-order chi connectivity index (χ0) is 21.4. The first kappa shape index (κ1) is 19.8. The minimum atomic E-state index is -0.850. The molecule has 0 unspecified atom stereocenters. The van der Waals surface area contributed by atoms with Crippen LogP contribution < -0.4 is 10.1 Å². The predicted molar refractivity (Wildman–Crippen MR) is 111 cm³/mol. The highest BCUT2D eigenvalue weighted by Crippen LogP contribution is 2.38. The first-order valence-corrected chi connectivity index (χ1v) is 10.8. The number of hydrogen-bond donors (Lipinski definition) is 1. The molecule has 2 atom stereocenters. The molecule has 1 aliphatic carbocycles. The van der Waals surface area contributed by atoms with Crippen molar-refractivity contribution >= 4 is 12.0 Å². The number of likely N-dealkylation sites (tertiary alicyclic amines) is 1. The highest BCUT2D eigenvalue weighted by atomic mass is 19.1. The number of alkyl carbamates (subject to hydrolysis) is 1. The molecule has 0 aromatic heterocycles. The summed E-state index contributed by atoms with van der Waals surface area (Å²) in [6.45, 7) is 1.68. The second-order valence-electron chi connectivity index (χ2n) is 8.56. The Labute approximate surface area is 180 Å². The van der Waals surface area contributed by atoms with Gasteiger partial charge in [-0.15, -0.1) is 0 Å². The molecule has 0 spiro atoms. The number of nitrogens with one attached hydrogen (secondary N) is 1. The summed E-state index contributed by atoms with van der Waals surface area (Å²) < 4.78 is 25.7. The summed E-state index contributed by atoms with van der Waals surface area (Å²) >= 11 is 0. The Hall–Kier alpha value is -3.09. The number of carbonyl (C=O) groups is 2. The third kappa shape index (κ3) is 4.22. The molecule has 2 heterocycles. The molecule has 2 amide bonds. The van der Waals surface area contributed by atoms with Crippen molar-refractivity contribution in [2.75, 3.05) is 19.7 Å². The van der Waals surface area contributed by atoms with Crippen molar-refractivity contribution in [3.8, 4) is 5.75 Å². The van der Waals surface area contributed by atoms with Crippen LogP contribution >= 0.6 is 0 Å². The molecule has 31 heavy (non-hydrogen) atoms. The maximum atomic E-state index is 15.0. The van der Waals surface area contributed by atoms with Gasteiger partial charge < -0.3 is 19.7 Å². The van der Waals surface area contributed by atoms with Gasteiger partial charge in [0.15, 0.2) is 0 Å². The van der Waals surface area contributed by atoms with E-state index >= 15 is 0 Å². The molecule has 6 nitrogen and oxygen atoms in total. The number of benzene rings is 2. The van der Waals surface area contributed by atoms with Crippen molar-refractivity contribution < 1.29 is 23.5 Å². The molecular formula is C24H25FN2O4. The summed E-state index contributed by atoms with van der Waals surface area (Å²) in [5.41, 5.74) is 2.24. The summed E-state index contributed by atoms with van der Waals surface area (Å²) in [7, 11) is 0. The largest absolute Gasteiger partial charge is 0.493 e. The maximum absolute atomic E-state index is 15.0. The molecule has 0 bridgehead atoms. The monoisotopic (exact) mass is 424 g/mol. The van der Waals surface area contributed by atoms with Gasteiger partial charge >= 0.3 is 6.09 Å². The van der Waals surface area contributed by atoms with Crippen LogP contribution in [-0.2, 0) is 22.6 Å². The lowest BCUT2D eigenvalue weighted by Crippen LogP contribution is -2.44. The Kier molecular flexibility index (Phi) is 5.26. The quantitative estimate of drug-likeness (QED) is 0.772. The summed E-state index contributed by atoms with van der Waals surface area (Å²) in [6.07, 6.45) is 2.25. The average Bonchev–Trinajstić information content (AvgIpc) is 3.40. The van der Waals surface area contributed by atoms with Crippen molar-refractivity contribution in [1.82, 2.24) is 10.2 Å². The molecule has 162 valence electrons. The zero-order valence-electron chi connectivity index (χ0n) is 17.2. The highest BCUT2D eigenvalue weighted by molar-refractivity contribution is 5.89. The predicted octanol–water partition coefficient (Wildman–Crippen LogP) is 3.39. The van der Waals surface area contributed by atoms with Crippen molar-refractivity contribution in [2.45, 2.75) is 37.8 Å². The number of fused-ring (bicyclic) bond motifs is 1. The van der Waals surface area contributed by atoms with Crippen LogP contribution in [0, 0.1) is 11.7 Å². The standard InChI is InChI=1S/C24H25FN2O4/c25-20-11-21-17(8-9-30-21)10-18(20)19-13-27(12-15-6-7-15)23(28)22(19)26-24(29)31-14-16-4-2-1-3-5-16/h1-5,10-11,15,19,22H,6-9,12-14H2,(H,26,29)/t19-,22-/m0/s1. The molecule has 7 heteroatoms. The minimum Gasteiger partial charge on any atom is -0.493 e. The van der Waals surface area contributed by atoms with Gasteiger partial charge in [-0.1, -0.05) is 30.3 Å². The van der Waals surface area contributed by atoms with Gasteiger partial charge in [-0.25, -0.2) is 9.18 Å². The van der Waals surface area contributed by atoms with E-state index in [1.54, 1.807) is 11.0 Å². The van der Waals surface area contributed by atoms with Crippen molar-refractivity contribution in [3.63, 3.8) is 0 Å². The summed E-state index contributed by atoms with van der Waals surface area (Å²) in [5.74, 6) is 0.0150. The normalized spacial score (nSPS) is 22.2. The molecule has 1 saturated carbocycles. The lowest BCUT2D eigenvalue weighted by Gasteiger charge is -2.19. The third-order valence-corrected chi connectivity index (χ3v) is 6.27. The van der Waals surface area contributed by atoms with Gasteiger partial charge in [0.25, 0.3) is 0 Å². The van der Waals surface area contributed by atoms with E-state index in [2.05, 4.69) is 5.32 Å². The molecule has 1 N–H and O–H groups in total. The highest BCUT2D eigenvalue weighted by Gasteiger charge is 2.45. The van der Waals surface area contributed by atoms with Gasteiger partial charge in [0.05, 0.1) is 6.61 Å². The van der Waals surface area contributed by atoms with Crippen molar-refractivity contribution in [3.05, 3.63) is 65.0 Å². The first-order valence-electron chi connectivity index (χ1n) is 10.8. The number of halogens is 1. The second-order valence-corrected chi connectivity index (χ2v) is 8.56. The van der Waals surface area contributed by atoms with Crippen LogP contribution in [0.25, 0.3) is 0 Å². The molecule has 5 rings (SSSR count). The smallest absolute Gasteiger partial charge is 0.408 e. The molecule has 2 fully saturated rings. The SMILES string of the molecule is O=C(N[C@@H]1C(=O)N(CC2CC2)C[C@H]1c1cc2c(cc1F)OCC2)OCc1ccccc1. The van der Waals surface area contributed by atoms with Gasteiger partial charge in [-0.2, -0.15) is 0 Å². The van der Waals surface area contributed by atoms with Crippen LogP contribution in [0.2, 0.25) is 0 Å². The summed E-state index contributed by atoms with van der Waals surface area (Å²) in [5, 5.41) is 2.72. The molecular weight excluding hydrogens is 399 g/mol. The summed E-state index contributed by atoms with van der Waals surface area (Å²) in [4.78, 5) is 27.4. The first-order chi connectivity index (χ1) is 15.1. The topological polar surface area (TPSA) is 67.9 Å². The minimum absolute atomic E-state index is 0.106. The van der Waals surface area contributed by atoms with E-state index in [0.29, 0.717) is 43.3 Å². The Morgan fingerprint density at radius 1 is 1.23 bits per heavy atom. The van der Waals surface area contributed by atoms with E-state index in [4.69, 9.17) is 9.47 Å². The molecule has 3 aliphatic rings. The molecule has 0 radical (unpaired) electrons. The fraction of sp³-hybridized carbons (Fsp3) is 0.417. The van der Waals surface area contributed by atoms with E-state index < -0.39 is 23.9 Å². The lowest BCUT2D eigenvalue weighted by molar-refractivity contribution is -0.129. The van der Waals surface area contributed by atoms with E-state index in [9.17, 15) is 14.0 Å². The Morgan fingerprint density at radius 2 is 2.03 bits per heavy atom. The Bertz CT molecular complexity index is 993. The van der Waals surface area contributed by atoms with Crippen molar-refractivity contribution in [2.24, 2.45) is 5.92 Å². The van der Waals surface area contributed by atoms with Gasteiger partial charge in [-0.05, 0) is 41.5 Å². The number of nitrogens with zero attached hydrogens (tertiary/aromatic N) is 1. The van der Waals surface area contributed by atoms with Gasteiger partial charge in [-0.3, -0.25) is 4.79 Å². The fourth-order valence-corrected chi connectivity index (χ4v) is 4.41. The number of rotatable bonds is 6. The molecule has 1 saturated heterocycles. The Morgan fingerprint density at radius 3 is 2.81 bits per heavy atom. The van der Waals surface area contributed by atoms with Crippen molar-refractivity contribution in [1.29, 1.82) is 0 Å². The third-order valence-electron chi connectivity index (χ3n) is 6.27. The van der Waals surface area contributed by atoms with E-state index in [1.807, 2.05) is 30.3 Å². The zero-order valence-corrected chi connectivity index (χ0v) is 17.2. The number of carbonyl (C=O) groups excluding carboxylic acids is 2. The summed E-state index contributed by atoms with van der Waals surface area (Å²) in [6, 6.07) is 11.7.